The fourth-order valence-electron chi connectivity index (χ4n) is 2.72. The van der Waals surface area contributed by atoms with Crippen molar-refractivity contribution >= 4 is 41.7 Å². The molecular formula is C16H35IN4S. The zero-order chi connectivity index (χ0) is 15.7. The summed E-state index contributed by atoms with van der Waals surface area (Å²) in [6.07, 6.45) is 7.54. The normalized spacial score (nSPS) is 20.4. The van der Waals surface area contributed by atoms with Gasteiger partial charge < -0.3 is 10.6 Å². The Morgan fingerprint density at radius 3 is 2.64 bits per heavy atom. The minimum Gasteiger partial charge on any atom is -0.355 e. The Labute approximate surface area is 158 Å². The van der Waals surface area contributed by atoms with Crippen LogP contribution in [0.5, 0.6) is 0 Å². The van der Waals surface area contributed by atoms with E-state index in [1.54, 1.807) is 0 Å². The molecule has 0 aliphatic carbocycles. The highest BCUT2D eigenvalue weighted by Crippen LogP contribution is 2.19. The lowest BCUT2D eigenvalue weighted by atomic mass is 10.0. The maximum absolute atomic E-state index is 4.31. The molecule has 132 valence electrons. The van der Waals surface area contributed by atoms with Crippen LogP contribution in [0.2, 0.25) is 0 Å². The fraction of sp³-hybridized carbons (Fsp3) is 0.938. The highest BCUT2D eigenvalue weighted by atomic mass is 127. The SMILES string of the molecule is CCC1CCCCN1CCNC(=NC)NCC(C)(C)SC.I. The van der Waals surface area contributed by atoms with E-state index in [9.17, 15) is 0 Å². The van der Waals surface area contributed by atoms with Crippen LogP contribution in [0.3, 0.4) is 0 Å². The van der Waals surface area contributed by atoms with Crippen LogP contribution in [-0.2, 0) is 0 Å². The Hall–Kier alpha value is 0.310. The van der Waals surface area contributed by atoms with E-state index in [-0.39, 0.29) is 28.7 Å². The van der Waals surface area contributed by atoms with Crippen LogP contribution in [0.1, 0.15) is 46.5 Å². The predicted octanol–water partition coefficient (Wildman–Crippen LogP) is 3.18. The van der Waals surface area contributed by atoms with Crippen LogP contribution in [-0.4, -0.2) is 61.1 Å². The number of rotatable bonds is 7. The maximum atomic E-state index is 4.31. The van der Waals surface area contributed by atoms with E-state index in [1.807, 2.05) is 18.8 Å². The lowest BCUT2D eigenvalue weighted by Gasteiger charge is -2.35. The maximum Gasteiger partial charge on any atom is 0.191 e. The molecule has 1 saturated heterocycles. The number of piperidine rings is 1. The Kier molecular flexibility index (Phi) is 12.0. The summed E-state index contributed by atoms with van der Waals surface area (Å²) in [5.74, 6) is 0.919. The molecule has 4 nitrogen and oxygen atoms in total. The predicted molar refractivity (Wildman–Crippen MR) is 112 cm³/mol. The van der Waals surface area contributed by atoms with Crippen molar-refractivity contribution in [2.45, 2.75) is 57.2 Å². The van der Waals surface area contributed by atoms with Gasteiger partial charge in [0, 0.05) is 37.5 Å². The van der Waals surface area contributed by atoms with Crippen molar-refractivity contribution in [1.29, 1.82) is 0 Å². The quantitative estimate of drug-likeness (QED) is 0.361. The molecule has 1 aliphatic heterocycles. The number of hydrogen-bond acceptors (Lipinski definition) is 3. The van der Waals surface area contributed by atoms with Crippen molar-refractivity contribution in [2.75, 3.05) is 39.5 Å². The van der Waals surface area contributed by atoms with E-state index in [1.165, 1.54) is 32.2 Å². The fourth-order valence-corrected chi connectivity index (χ4v) is 2.94. The molecular weight excluding hydrogens is 407 g/mol. The molecule has 0 aromatic carbocycles. The Balaban J connectivity index is 0.00000441. The zero-order valence-electron chi connectivity index (χ0n) is 14.9. The third-order valence-electron chi connectivity index (χ3n) is 4.37. The number of hydrogen-bond donors (Lipinski definition) is 2. The van der Waals surface area contributed by atoms with Gasteiger partial charge in [0.05, 0.1) is 0 Å². The summed E-state index contributed by atoms with van der Waals surface area (Å²) in [4.78, 5) is 6.95. The number of nitrogens with one attached hydrogen (secondary N) is 2. The molecule has 0 aromatic heterocycles. The van der Waals surface area contributed by atoms with Crippen molar-refractivity contribution in [1.82, 2.24) is 15.5 Å². The summed E-state index contributed by atoms with van der Waals surface area (Å²) >= 11 is 1.88. The molecule has 1 heterocycles. The summed E-state index contributed by atoms with van der Waals surface area (Å²) in [6.45, 7) is 11.1. The van der Waals surface area contributed by atoms with Gasteiger partial charge >= 0.3 is 0 Å². The first-order chi connectivity index (χ1) is 10.0. The summed E-state index contributed by atoms with van der Waals surface area (Å²) in [5, 5.41) is 6.87. The minimum absolute atomic E-state index is 0. The minimum atomic E-state index is 0. The van der Waals surface area contributed by atoms with E-state index in [0.717, 1.165) is 31.6 Å². The molecule has 1 unspecified atom stereocenters. The van der Waals surface area contributed by atoms with Crippen molar-refractivity contribution in [3.8, 4) is 0 Å². The van der Waals surface area contributed by atoms with Crippen LogP contribution < -0.4 is 10.6 Å². The van der Waals surface area contributed by atoms with Gasteiger partial charge in [-0.05, 0) is 45.9 Å². The van der Waals surface area contributed by atoms with Gasteiger partial charge in [0.1, 0.15) is 0 Å². The second kappa shape index (κ2) is 11.8. The number of nitrogens with zero attached hydrogens (tertiary/aromatic N) is 2. The van der Waals surface area contributed by atoms with Gasteiger partial charge in [-0.25, -0.2) is 0 Å². The van der Waals surface area contributed by atoms with Crippen LogP contribution in [0.4, 0.5) is 0 Å². The van der Waals surface area contributed by atoms with Crippen LogP contribution in [0.25, 0.3) is 0 Å². The van der Waals surface area contributed by atoms with Crippen molar-refractivity contribution in [3.63, 3.8) is 0 Å². The van der Waals surface area contributed by atoms with Gasteiger partial charge in [-0.1, -0.05) is 13.3 Å². The standard InChI is InChI=1S/C16H34N4S.HI/c1-6-14-9-7-8-11-20(14)12-10-18-15(17-4)19-13-16(2,3)21-5;/h14H,6-13H2,1-5H3,(H2,17,18,19);1H. The molecule has 1 fully saturated rings. The molecule has 0 radical (unpaired) electrons. The molecule has 0 spiro atoms. The molecule has 1 rings (SSSR count). The zero-order valence-corrected chi connectivity index (χ0v) is 18.1. The van der Waals surface area contributed by atoms with Gasteiger partial charge in [-0.3, -0.25) is 9.89 Å². The average Bonchev–Trinajstić information content (AvgIpc) is 2.51. The first-order valence-corrected chi connectivity index (χ1v) is 9.48. The molecule has 0 saturated carbocycles. The molecule has 1 aliphatic rings. The second-order valence-corrected chi connectivity index (χ2v) is 7.92. The molecule has 2 N–H and O–H groups in total. The number of guanidine groups is 1. The molecule has 0 amide bonds. The number of thioether (sulfide) groups is 1. The second-order valence-electron chi connectivity index (χ2n) is 6.41. The monoisotopic (exact) mass is 442 g/mol. The largest absolute Gasteiger partial charge is 0.355 e. The molecule has 6 heteroatoms. The van der Waals surface area contributed by atoms with E-state index in [0.29, 0.717) is 0 Å². The third kappa shape index (κ3) is 8.24. The van der Waals surface area contributed by atoms with E-state index < -0.39 is 0 Å². The molecule has 0 aromatic rings. The third-order valence-corrected chi connectivity index (χ3v) is 5.62. The smallest absolute Gasteiger partial charge is 0.191 e. The number of halogens is 1. The summed E-state index contributed by atoms with van der Waals surface area (Å²) < 4.78 is 0.234. The average molecular weight is 442 g/mol. The van der Waals surface area contributed by atoms with Gasteiger partial charge in [-0.2, -0.15) is 11.8 Å². The molecule has 0 bridgehead atoms. The summed E-state index contributed by atoms with van der Waals surface area (Å²) in [7, 11) is 1.84. The van der Waals surface area contributed by atoms with Crippen LogP contribution >= 0.6 is 35.7 Å². The molecule has 1 atom stereocenters. The van der Waals surface area contributed by atoms with Crippen LogP contribution in [0, 0.1) is 0 Å². The van der Waals surface area contributed by atoms with E-state index >= 15 is 0 Å². The Morgan fingerprint density at radius 1 is 1.32 bits per heavy atom. The summed E-state index contributed by atoms with van der Waals surface area (Å²) in [6, 6.07) is 0.783. The first kappa shape index (κ1) is 22.3. The van der Waals surface area contributed by atoms with Crippen molar-refractivity contribution in [3.05, 3.63) is 0 Å². The highest BCUT2D eigenvalue weighted by Gasteiger charge is 2.20. The lowest BCUT2D eigenvalue weighted by Crippen LogP contribution is -2.47. The van der Waals surface area contributed by atoms with Gasteiger partial charge in [0.15, 0.2) is 5.96 Å². The van der Waals surface area contributed by atoms with Crippen LogP contribution in [0.15, 0.2) is 4.99 Å². The van der Waals surface area contributed by atoms with Gasteiger partial charge in [0.25, 0.3) is 0 Å². The topological polar surface area (TPSA) is 39.7 Å². The lowest BCUT2D eigenvalue weighted by molar-refractivity contribution is 0.147. The van der Waals surface area contributed by atoms with Crippen molar-refractivity contribution in [2.24, 2.45) is 4.99 Å². The highest BCUT2D eigenvalue weighted by molar-refractivity contribution is 14.0. The first-order valence-electron chi connectivity index (χ1n) is 8.26. The Morgan fingerprint density at radius 2 is 2.05 bits per heavy atom. The van der Waals surface area contributed by atoms with Gasteiger partial charge in [-0.15, -0.1) is 24.0 Å². The number of likely N-dealkylation sites (tertiary alicyclic amines) is 1. The van der Waals surface area contributed by atoms with Gasteiger partial charge in [0.2, 0.25) is 0 Å². The Bertz CT molecular complexity index is 323. The van der Waals surface area contributed by atoms with E-state index in [4.69, 9.17) is 0 Å². The van der Waals surface area contributed by atoms with E-state index in [2.05, 4.69) is 47.6 Å². The number of aliphatic imine (C=N–C) groups is 1. The van der Waals surface area contributed by atoms with Crippen molar-refractivity contribution < 1.29 is 0 Å². The molecule has 22 heavy (non-hydrogen) atoms. The summed E-state index contributed by atoms with van der Waals surface area (Å²) in [5.41, 5.74) is 0.